The lowest BCUT2D eigenvalue weighted by Crippen LogP contribution is -2.42. The lowest BCUT2D eigenvalue weighted by Gasteiger charge is -2.12. The maximum atomic E-state index is 12.7. The van der Waals surface area contributed by atoms with Crippen molar-refractivity contribution in [3.8, 4) is 5.75 Å². The van der Waals surface area contributed by atoms with E-state index in [1.165, 1.54) is 37.4 Å². The van der Waals surface area contributed by atoms with E-state index in [2.05, 4.69) is 15.6 Å². The van der Waals surface area contributed by atoms with Gasteiger partial charge in [-0.15, -0.1) is 0 Å². The molecule has 0 aliphatic carbocycles. The molecule has 33 heavy (non-hydrogen) atoms. The van der Waals surface area contributed by atoms with Crippen LogP contribution < -0.4 is 20.3 Å². The minimum Gasteiger partial charge on any atom is -0.496 e. The van der Waals surface area contributed by atoms with Crippen molar-refractivity contribution in [1.82, 2.24) is 10.9 Å². The quantitative estimate of drug-likeness (QED) is 0.442. The summed E-state index contributed by atoms with van der Waals surface area (Å²) in [7, 11) is -2.48. The third kappa shape index (κ3) is 6.24. The first-order valence-electron chi connectivity index (χ1n) is 9.80. The summed E-state index contributed by atoms with van der Waals surface area (Å²) in [5, 5.41) is 0.239. The van der Waals surface area contributed by atoms with E-state index >= 15 is 0 Å². The Labute approximate surface area is 196 Å². The van der Waals surface area contributed by atoms with Crippen molar-refractivity contribution in [2.24, 2.45) is 0 Å². The number of hydrogen-bond donors (Lipinski definition) is 3. The molecule has 8 nitrogen and oxygen atoms in total. The third-order valence-electron chi connectivity index (χ3n) is 4.63. The van der Waals surface area contributed by atoms with Gasteiger partial charge in [0.1, 0.15) is 5.75 Å². The summed E-state index contributed by atoms with van der Waals surface area (Å²) >= 11 is 6.02. The SMILES string of the molecule is COc1ccc(C)cc1CC(=O)NNC(=O)c1cccc(S(=O)(=O)Nc2ccccc2Cl)c1. The predicted octanol–water partition coefficient (Wildman–Crippen LogP) is 3.46. The molecule has 0 bridgehead atoms. The number of carbonyl (C=O) groups is 2. The van der Waals surface area contributed by atoms with Gasteiger partial charge >= 0.3 is 0 Å². The van der Waals surface area contributed by atoms with Crippen LogP contribution >= 0.6 is 11.6 Å². The molecule has 0 aliphatic rings. The maximum Gasteiger partial charge on any atom is 0.269 e. The first kappa shape index (κ1) is 24.1. The van der Waals surface area contributed by atoms with Crippen LogP contribution in [-0.2, 0) is 21.2 Å². The second-order valence-electron chi connectivity index (χ2n) is 7.11. The molecular weight excluding hydrogens is 466 g/mol. The molecule has 172 valence electrons. The molecule has 3 rings (SSSR count). The number of nitrogens with one attached hydrogen (secondary N) is 3. The molecule has 3 aromatic carbocycles. The number of rotatable bonds is 7. The zero-order chi connectivity index (χ0) is 24.0. The first-order chi connectivity index (χ1) is 15.7. The number of carbonyl (C=O) groups excluding carboxylic acids is 2. The summed E-state index contributed by atoms with van der Waals surface area (Å²) in [5.74, 6) is -0.572. The Kier molecular flexibility index (Phi) is 7.57. The fourth-order valence-corrected chi connectivity index (χ4v) is 4.38. The van der Waals surface area contributed by atoms with Gasteiger partial charge in [0, 0.05) is 11.1 Å². The Morgan fingerprint density at radius 3 is 2.45 bits per heavy atom. The number of para-hydroxylation sites is 1. The number of benzene rings is 3. The lowest BCUT2D eigenvalue weighted by molar-refractivity contribution is -0.121. The van der Waals surface area contributed by atoms with Crippen LogP contribution in [0.5, 0.6) is 5.75 Å². The monoisotopic (exact) mass is 487 g/mol. The molecule has 3 aromatic rings. The van der Waals surface area contributed by atoms with Gasteiger partial charge in [0.05, 0.1) is 29.1 Å². The molecule has 0 saturated heterocycles. The first-order valence-corrected chi connectivity index (χ1v) is 11.7. The van der Waals surface area contributed by atoms with Crippen molar-refractivity contribution in [2.45, 2.75) is 18.2 Å². The van der Waals surface area contributed by atoms with Crippen LogP contribution in [-0.4, -0.2) is 27.3 Å². The largest absolute Gasteiger partial charge is 0.496 e. The van der Waals surface area contributed by atoms with Gasteiger partial charge in [0.25, 0.3) is 15.9 Å². The summed E-state index contributed by atoms with van der Waals surface area (Å²) < 4.78 is 33.0. The number of amides is 2. The van der Waals surface area contributed by atoms with E-state index in [0.717, 1.165) is 5.56 Å². The van der Waals surface area contributed by atoms with Crippen molar-refractivity contribution in [3.05, 3.63) is 88.4 Å². The molecule has 0 aromatic heterocycles. The van der Waals surface area contributed by atoms with Gasteiger partial charge in [0.15, 0.2) is 0 Å². The van der Waals surface area contributed by atoms with E-state index in [9.17, 15) is 18.0 Å². The number of hydrogen-bond acceptors (Lipinski definition) is 5. The molecule has 0 radical (unpaired) electrons. The van der Waals surface area contributed by atoms with Crippen LogP contribution in [0.15, 0.2) is 71.6 Å². The van der Waals surface area contributed by atoms with Gasteiger partial charge in [-0.2, -0.15) is 0 Å². The highest BCUT2D eigenvalue weighted by Crippen LogP contribution is 2.24. The van der Waals surface area contributed by atoms with Gasteiger partial charge in [-0.25, -0.2) is 8.42 Å². The molecule has 0 heterocycles. The van der Waals surface area contributed by atoms with E-state index in [1.54, 1.807) is 24.3 Å². The second-order valence-corrected chi connectivity index (χ2v) is 9.20. The van der Waals surface area contributed by atoms with Crippen molar-refractivity contribution in [2.75, 3.05) is 11.8 Å². The molecule has 0 fully saturated rings. The summed E-state index contributed by atoms with van der Waals surface area (Å²) in [6.45, 7) is 1.89. The van der Waals surface area contributed by atoms with Crippen LogP contribution in [0, 0.1) is 6.92 Å². The zero-order valence-corrected chi connectivity index (χ0v) is 19.5. The summed E-state index contributed by atoms with van der Waals surface area (Å²) in [6.07, 6.45) is -0.0126. The van der Waals surface area contributed by atoms with Crippen molar-refractivity contribution < 1.29 is 22.7 Å². The van der Waals surface area contributed by atoms with E-state index in [0.29, 0.717) is 11.3 Å². The highest BCUT2D eigenvalue weighted by molar-refractivity contribution is 7.92. The van der Waals surface area contributed by atoms with Crippen LogP contribution in [0.25, 0.3) is 0 Å². The van der Waals surface area contributed by atoms with Crippen LogP contribution in [0.3, 0.4) is 0 Å². The number of sulfonamides is 1. The number of aryl methyl sites for hydroxylation is 1. The van der Waals surface area contributed by atoms with Gasteiger partial charge < -0.3 is 4.74 Å². The summed E-state index contributed by atoms with van der Waals surface area (Å²) in [5.41, 5.74) is 6.52. The van der Waals surface area contributed by atoms with E-state index in [1.807, 2.05) is 19.1 Å². The average Bonchev–Trinajstić information content (AvgIpc) is 2.79. The van der Waals surface area contributed by atoms with Crippen LogP contribution in [0.2, 0.25) is 5.02 Å². The topological polar surface area (TPSA) is 114 Å². The minimum atomic E-state index is -3.99. The molecule has 0 spiro atoms. The van der Waals surface area contributed by atoms with Gasteiger partial charge in [0.2, 0.25) is 5.91 Å². The molecule has 2 amide bonds. The third-order valence-corrected chi connectivity index (χ3v) is 6.32. The highest BCUT2D eigenvalue weighted by atomic mass is 35.5. The number of halogens is 1. The van der Waals surface area contributed by atoms with Gasteiger partial charge in [-0.05, 0) is 43.3 Å². The minimum absolute atomic E-state index is 0.0126. The summed E-state index contributed by atoms with van der Waals surface area (Å²) in [6, 6.07) is 17.2. The summed E-state index contributed by atoms with van der Waals surface area (Å²) in [4.78, 5) is 24.6. The van der Waals surface area contributed by atoms with Crippen LogP contribution in [0.1, 0.15) is 21.5 Å². The lowest BCUT2D eigenvalue weighted by atomic mass is 10.1. The Hall–Kier alpha value is -3.56. The Balaban J connectivity index is 1.67. The molecule has 0 saturated carbocycles. The van der Waals surface area contributed by atoms with Gasteiger partial charge in [-0.1, -0.05) is 47.5 Å². The molecule has 0 aliphatic heterocycles. The smallest absolute Gasteiger partial charge is 0.269 e. The molecular formula is C23H22ClN3O5S. The molecule has 3 N–H and O–H groups in total. The van der Waals surface area contributed by atoms with Crippen molar-refractivity contribution in [1.29, 1.82) is 0 Å². The molecule has 0 atom stereocenters. The predicted molar refractivity (Wildman–Crippen MR) is 126 cm³/mol. The van der Waals surface area contributed by atoms with Gasteiger partial charge in [-0.3, -0.25) is 25.2 Å². The maximum absolute atomic E-state index is 12.7. The van der Waals surface area contributed by atoms with E-state index < -0.39 is 21.8 Å². The van der Waals surface area contributed by atoms with E-state index in [4.69, 9.17) is 16.3 Å². The number of anilines is 1. The normalized spacial score (nSPS) is 10.9. The highest BCUT2D eigenvalue weighted by Gasteiger charge is 2.18. The second kappa shape index (κ2) is 10.4. The fourth-order valence-electron chi connectivity index (χ4n) is 3.01. The molecule has 10 heteroatoms. The van der Waals surface area contributed by atoms with Crippen molar-refractivity contribution >= 4 is 39.1 Å². The Morgan fingerprint density at radius 2 is 1.73 bits per heavy atom. The standard InChI is InChI=1S/C23H22ClN3O5S/c1-15-10-11-21(32-2)17(12-15)14-22(28)25-26-23(29)16-6-5-7-18(13-16)33(30,31)27-20-9-4-3-8-19(20)24/h3-13,27H,14H2,1-2H3,(H,25,28)(H,26,29). The number of ether oxygens (including phenoxy) is 1. The zero-order valence-electron chi connectivity index (χ0n) is 17.9. The van der Waals surface area contributed by atoms with Crippen LogP contribution in [0.4, 0.5) is 5.69 Å². The fraction of sp³-hybridized carbons (Fsp3) is 0.130. The van der Waals surface area contributed by atoms with Crippen molar-refractivity contribution in [3.63, 3.8) is 0 Å². The van der Waals surface area contributed by atoms with E-state index in [-0.39, 0.29) is 27.6 Å². The Bertz CT molecular complexity index is 1290. The molecule has 0 unspecified atom stereocenters. The number of hydrazine groups is 1. The Morgan fingerprint density at radius 1 is 0.970 bits per heavy atom. The number of methoxy groups -OCH3 is 1. The average molecular weight is 488 g/mol.